The Hall–Kier alpha value is -3.78. The lowest BCUT2D eigenvalue weighted by Gasteiger charge is -2.21. The second-order valence-electron chi connectivity index (χ2n) is 10.8. The molecule has 8 nitrogen and oxygen atoms in total. The smallest absolute Gasteiger partial charge is 0.408 e. The first kappa shape index (κ1) is 28.2. The molecule has 1 aliphatic rings. The summed E-state index contributed by atoms with van der Waals surface area (Å²) >= 11 is 6.07. The van der Waals surface area contributed by atoms with Crippen LogP contribution in [-0.4, -0.2) is 47.6 Å². The van der Waals surface area contributed by atoms with Crippen molar-refractivity contribution in [3.05, 3.63) is 76.1 Å². The van der Waals surface area contributed by atoms with E-state index in [0.717, 1.165) is 48.7 Å². The van der Waals surface area contributed by atoms with Gasteiger partial charge in [-0.1, -0.05) is 11.6 Å². The molecule has 0 spiro atoms. The number of carbonyl (C=O) groups is 3. The average Bonchev–Trinajstić information content (AvgIpc) is 3.50. The van der Waals surface area contributed by atoms with Crippen LogP contribution < -0.4 is 15.5 Å². The number of amides is 2. The Morgan fingerprint density at radius 1 is 0.923 bits per heavy atom. The molecule has 2 heterocycles. The van der Waals surface area contributed by atoms with Crippen LogP contribution in [-0.2, 0) is 9.53 Å². The third-order valence-corrected chi connectivity index (χ3v) is 6.80. The molecule has 0 radical (unpaired) electrons. The van der Waals surface area contributed by atoms with Gasteiger partial charge in [-0.05, 0) is 96.0 Å². The standard InChI is InChI=1S/C30H35ClN4O4/c1-19-16-25(20(2)35(19)22-10-8-21(31)9-11-22)28(37)24-13-12-23(34-14-6-7-15-34)17-26(24)33-27(36)18-32-29(38)39-30(3,4)5/h8-13,16-17H,6-7,14-15,18H2,1-5H3,(H,32,38)(H,33,36). The Morgan fingerprint density at radius 3 is 2.21 bits per heavy atom. The molecule has 1 saturated heterocycles. The molecule has 3 aromatic rings. The lowest BCUT2D eigenvalue weighted by atomic mass is 10.0. The molecule has 0 aliphatic carbocycles. The zero-order valence-electron chi connectivity index (χ0n) is 23.1. The minimum absolute atomic E-state index is 0.202. The van der Waals surface area contributed by atoms with Gasteiger partial charge < -0.3 is 24.8 Å². The molecule has 39 heavy (non-hydrogen) atoms. The molecule has 206 valence electrons. The number of hydrogen-bond donors (Lipinski definition) is 2. The molecule has 2 N–H and O–H groups in total. The average molecular weight is 551 g/mol. The Morgan fingerprint density at radius 2 is 1.56 bits per heavy atom. The number of aromatic nitrogens is 1. The predicted octanol–water partition coefficient (Wildman–Crippen LogP) is 6.04. The number of halogens is 1. The van der Waals surface area contributed by atoms with E-state index < -0.39 is 17.6 Å². The predicted molar refractivity (Wildman–Crippen MR) is 154 cm³/mol. The largest absolute Gasteiger partial charge is 0.444 e. The maximum atomic E-state index is 13.9. The summed E-state index contributed by atoms with van der Waals surface area (Å²) in [6, 6.07) is 14.8. The summed E-state index contributed by atoms with van der Waals surface area (Å²) in [7, 11) is 0. The van der Waals surface area contributed by atoms with Crippen LogP contribution in [0.25, 0.3) is 5.69 Å². The number of carbonyl (C=O) groups excluding carboxylic acids is 3. The van der Waals surface area contributed by atoms with Gasteiger partial charge in [-0.25, -0.2) is 4.79 Å². The molecule has 0 unspecified atom stereocenters. The fourth-order valence-electron chi connectivity index (χ4n) is 4.79. The summed E-state index contributed by atoms with van der Waals surface area (Å²) < 4.78 is 7.22. The zero-order valence-corrected chi connectivity index (χ0v) is 23.8. The van der Waals surface area contributed by atoms with Gasteiger partial charge in [-0.2, -0.15) is 0 Å². The molecular weight excluding hydrogens is 516 g/mol. The lowest BCUT2D eigenvalue weighted by molar-refractivity contribution is -0.115. The van der Waals surface area contributed by atoms with E-state index in [9.17, 15) is 14.4 Å². The molecule has 1 fully saturated rings. The Labute approximate surface area is 234 Å². The molecule has 1 aromatic heterocycles. The van der Waals surface area contributed by atoms with Crippen molar-refractivity contribution in [1.29, 1.82) is 0 Å². The minimum Gasteiger partial charge on any atom is -0.444 e. The number of rotatable bonds is 7. The fourth-order valence-corrected chi connectivity index (χ4v) is 4.92. The van der Waals surface area contributed by atoms with E-state index in [4.69, 9.17) is 16.3 Å². The molecule has 1 aliphatic heterocycles. The van der Waals surface area contributed by atoms with E-state index in [0.29, 0.717) is 21.8 Å². The molecule has 9 heteroatoms. The topological polar surface area (TPSA) is 92.7 Å². The van der Waals surface area contributed by atoms with Gasteiger partial charge in [0.2, 0.25) is 5.91 Å². The van der Waals surface area contributed by atoms with Crippen molar-refractivity contribution >= 4 is 40.8 Å². The molecule has 0 atom stereocenters. The van der Waals surface area contributed by atoms with Gasteiger partial charge in [0.25, 0.3) is 0 Å². The van der Waals surface area contributed by atoms with Crippen molar-refractivity contribution in [2.24, 2.45) is 0 Å². The number of nitrogens with zero attached hydrogens (tertiary/aromatic N) is 2. The van der Waals surface area contributed by atoms with Crippen molar-refractivity contribution in [2.75, 3.05) is 29.9 Å². The Balaban J connectivity index is 1.62. The highest BCUT2D eigenvalue weighted by atomic mass is 35.5. The maximum absolute atomic E-state index is 13.9. The molecule has 4 rings (SSSR count). The van der Waals surface area contributed by atoms with E-state index in [1.807, 2.05) is 60.9 Å². The summed E-state index contributed by atoms with van der Waals surface area (Å²) in [5.41, 5.74) is 4.16. The summed E-state index contributed by atoms with van der Waals surface area (Å²) in [4.78, 5) is 41.0. The van der Waals surface area contributed by atoms with Gasteiger partial charge in [0.1, 0.15) is 12.1 Å². The number of alkyl carbamates (subject to hydrolysis) is 1. The van der Waals surface area contributed by atoms with E-state index in [1.165, 1.54) is 0 Å². The second kappa shape index (κ2) is 11.5. The van der Waals surface area contributed by atoms with Crippen LogP contribution in [0.3, 0.4) is 0 Å². The van der Waals surface area contributed by atoms with Crippen LogP contribution in [0.5, 0.6) is 0 Å². The van der Waals surface area contributed by atoms with E-state index >= 15 is 0 Å². The fraction of sp³-hybridized carbons (Fsp3) is 0.367. The molecule has 0 saturated carbocycles. The van der Waals surface area contributed by atoms with Gasteiger partial charge >= 0.3 is 6.09 Å². The number of nitrogens with one attached hydrogen (secondary N) is 2. The molecule has 2 amide bonds. The van der Waals surface area contributed by atoms with Gasteiger partial charge in [0.05, 0.1) is 5.69 Å². The van der Waals surface area contributed by atoms with E-state index in [1.54, 1.807) is 26.8 Å². The number of hydrogen-bond acceptors (Lipinski definition) is 5. The van der Waals surface area contributed by atoms with Crippen LogP contribution in [0.15, 0.2) is 48.5 Å². The maximum Gasteiger partial charge on any atom is 0.408 e. The summed E-state index contributed by atoms with van der Waals surface area (Å²) in [6.45, 7) is 10.6. The van der Waals surface area contributed by atoms with E-state index in [-0.39, 0.29) is 12.3 Å². The Bertz CT molecular complexity index is 1380. The first-order valence-corrected chi connectivity index (χ1v) is 13.5. The van der Waals surface area contributed by atoms with Crippen LogP contribution in [0.2, 0.25) is 5.02 Å². The van der Waals surface area contributed by atoms with Gasteiger partial charge in [-0.3, -0.25) is 9.59 Å². The van der Waals surface area contributed by atoms with Crippen molar-refractivity contribution in [2.45, 2.75) is 53.1 Å². The third-order valence-electron chi connectivity index (χ3n) is 6.55. The van der Waals surface area contributed by atoms with Crippen LogP contribution in [0.1, 0.15) is 60.9 Å². The van der Waals surface area contributed by atoms with Gasteiger partial charge in [-0.15, -0.1) is 0 Å². The monoisotopic (exact) mass is 550 g/mol. The van der Waals surface area contributed by atoms with Crippen LogP contribution in [0, 0.1) is 13.8 Å². The highest BCUT2D eigenvalue weighted by Gasteiger charge is 2.24. The normalized spacial score (nSPS) is 13.3. The highest BCUT2D eigenvalue weighted by Crippen LogP contribution is 2.30. The van der Waals surface area contributed by atoms with Gasteiger partial charge in [0.15, 0.2) is 5.78 Å². The summed E-state index contributed by atoms with van der Waals surface area (Å²) in [6.07, 6.45) is 1.51. The van der Waals surface area contributed by atoms with E-state index in [2.05, 4.69) is 15.5 Å². The highest BCUT2D eigenvalue weighted by molar-refractivity contribution is 6.30. The second-order valence-corrected chi connectivity index (χ2v) is 11.2. The molecular formula is C30H35ClN4O4. The SMILES string of the molecule is Cc1cc(C(=O)c2ccc(N3CCCC3)cc2NC(=O)CNC(=O)OC(C)(C)C)c(C)n1-c1ccc(Cl)cc1. The number of aryl methyl sites for hydroxylation is 1. The lowest BCUT2D eigenvalue weighted by Crippen LogP contribution is -2.37. The quantitative estimate of drug-likeness (QED) is 0.350. The van der Waals surface area contributed by atoms with Crippen LogP contribution >= 0.6 is 11.6 Å². The van der Waals surface area contributed by atoms with Crippen LogP contribution in [0.4, 0.5) is 16.2 Å². The minimum atomic E-state index is -0.686. The first-order chi connectivity index (χ1) is 18.4. The zero-order chi connectivity index (χ0) is 28.3. The van der Waals surface area contributed by atoms with Gasteiger partial charge in [0, 0.05) is 52.0 Å². The molecule has 0 bridgehead atoms. The van der Waals surface area contributed by atoms with Crippen molar-refractivity contribution in [3.63, 3.8) is 0 Å². The molecule has 2 aromatic carbocycles. The number of ether oxygens (including phenoxy) is 1. The number of benzene rings is 2. The number of anilines is 2. The number of ketones is 1. The first-order valence-electron chi connectivity index (χ1n) is 13.1. The Kier molecular flexibility index (Phi) is 8.35. The summed E-state index contributed by atoms with van der Waals surface area (Å²) in [5.74, 6) is -0.660. The van der Waals surface area contributed by atoms with Crippen molar-refractivity contribution < 1.29 is 19.1 Å². The van der Waals surface area contributed by atoms with Crippen molar-refractivity contribution in [3.8, 4) is 5.69 Å². The van der Waals surface area contributed by atoms with Crippen molar-refractivity contribution in [1.82, 2.24) is 9.88 Å². The summed E-state index contributed by atoms with van der Waals surface area (Å²) in [5, 5.41) is 5.95. The third kappa shape index (κ3) is 6.81.